The van der Waals surface area contributed by atoms with E-state index in [4.69, 9.17) is 34.4 Å². The first kappa shape index (κ1) is 97.3. The highest BCUT2D eigenvalue weighted by atomic mass is 32.2. The second kappa shape index (κ2) is 52.4. The first-order chi connectivity index (χ1) is 52.2. The van der Waals surface area contributed by atoms with E-state index >= 15 is 0 Å². The van der Waals surface area contributed by atoms with Crippen molar-refractivity contribution >= 4 is 131 Å². The molecule has 1 aromatic rings. The first-order valence-electron chi connectivity index (χ1n) is 34.9. The zero-order valence-electron chi connectivity index (χ0n) is 61.4. The van der Waals surface area contributed by atoms with Crippen molar-refractivity contribution in [3.8, 4) is 5.75 Å². The molecule has 0 unspecified atom stereocenters. The van der Waals surface area contributed by atoms with Gasteiger partial charge in [-0.1, -0.05) is 26.0 Å². The maximum Gasteiger partial charge on any atom is 0.326 e. The second-order valence-electron chi connectivity index (χ2n) is 25.6. The summed E-state index contributed by atoms with van der Waals surface area (Å²) in [6.07, 6.45) is -5.46. The molecule has 45 nitrogen and oxygen atoms in total. The zero-order valence-corrected chi connectivity index (χ0v) is 62.2. The summed E-state index contributed by atoms with van der Waals surface area (Å²) < 4.78 is 0. The molecule has 12 amide bonds. The molecule has 0 saturated carbocycles. The van der Waals surface area contributed by atoms with Crippen molar-refractivity contribution in [1.29, 1.82) is 0 Å². The quantitative estimate of drug-likeness (QED) is 0.0125. The number of aromatic hydroxyl groups is 1. The van der Waals surface area contributed by atoms with Gasteiger partial charge in [-0.15, -0.1) is 0 Å². The van der Waals surface area contributed by atoms with Gasteiger partial charge in [-0.3, -0.25) is 91.5 Å². The minimum absolute atomic E-state index is 0.00490. The number of amides is 12. The average molecular weight is 1600 g/mol. The summed E-state index contributed by atoms with van der Waals surface area (Å²) in [4.78, 5) is 247. The monoisotopic (exact) mass is 1600 g/mol. The first-order valence-corrected chi connectivity index (χ1v) is 36.3. The Morgan fingerprint density at radius 2 is 0.667 bits per heavy atom. The third-order valence-electron chi connectivity index (χ3n) is 15.9. The van der Waals surface area contributed by atoms with Gasteiger partial charge in [-0.2, -0.15) is 11.8 Å². The summed E-state index contributed by atoms with van der Waals surface area (Å²) in [7, 11) is 0. The van der Waals surface area contributed by atoms with Gasteiger partial charge in [0, 0.05) is 19.5 Å². The van der Waals surface area contributed by atoms with Crippen LogP contribution in [0.25, 0.3) is 0 Å². The van der Waals surface area contributed by atoms with Crippen LogP contribution in [0.2, 0.25) is 0 Å². The molecule has 0 aliphatic rings. The van der Waals surface area contributed by atoms with Gasteiger partial charge in [-0.25, -0.2) is 4.79 Å². The summed E-state index contributed by atoms with van der Waals surface area (Å²) >= 11 is 1.38. The second-order valence-corrected chi connectivity index (χ2v) is 26.6. The normalized spacial score (nSPS) is 14.1. The number of rotatable bonds is 58. The number of phenols is 1. The predicted octanol–water partition coefficient (Wildman–Crippen LogP) is -8.00. The summed E-state index contributed by atoms with van der Waals surface area (Å²) in [5.74, 6) is -25.6. The third kappa shape index (κ3) is 40.9. The number of hydrogen-bond donors (Lipinski definition) is 25. The number of carbonyl (C=O) groups is 18. The van der Waals surface area contributed by atoms with Crippen molar-refractivity contribution < 1.29 is 122 Å². The van der Waals surface area contributed by atoms with E-state index in [9.17, 15) is 122 Å². The van der Waals surface area contributed by atoms with Gasteiger partial charge in [0.15, 0.2) is 11.9 Å². The number of aliphatic carboxylic acids is 6. The van der Waals surface area contributed by atoms with E-state index in [1.807, 2.05) is 21.3 Å². The molecule has 46 heteroatoms. The minimum atomic E-state index is -2.39. The van der Waals surface area contributed by atoms with E-state index in [0.717, 1.165) is 0 Å². The standard InChI is InChI=1S/C65H104N20O25S/c1-32(2)24-40(79-54(100)37(12-8-21-72-64(68)69)75-52(98)35(74-31-86)18-23-111-3)56(102)77-38(13-9-22-73-65(70)71)55(101)82-43(27-48(90)91)59(105)80-41(25-33-14-16-34(87)17-15-33)57(103)76-36(10-4-6-19-66)53(99)81-44(28-49(92)93)60(106)84-46(30-51(96)97)62(108)85-45(29-50(94)95)61(107)83-42(26-47(88)89)58(104)78-39(63(109)110)11-5-7-20-67/h14-17,31-32,35-46,87H,4-13,18-30,66-67H2,1-3H3,(H,74,86)(H,75,98)(H,76,103)(H,77,102)(H,78,104)(H,79,100)(H,80,105)(H,81,99)(H,82,101)(H,83,107)(H,84,106)(H,85,108)(H,88,89)(H,90,91)(H,92,93)(H,94,95)(H,96,97)(H,109,110)(H4,68,69,72)(H4,70,71,73)/t35-,36-,37-,38-,39-,40-,41-,42-,43-,44-,45-,46-/m0/s1. The van der Waals surface area contributed by atoms with Crippen molar-refractivity contribution in [2.24, 2.45) is 50.3 Å². The van der Waals surface area contributed by atoms with Crippen molar-refractivity contribution in [2.45, 2.75) is 202 Å². The van der Waals surface area contributed by atoms with E-state index in [-0.39, 0.29) is 120 Å². The van der Waals surface area contributed by atoms with Crippen LogP contribution in [0.5, 0.6) is 5.75 Å². The third-order valence-corrected chi connectivity index (χ3v) is 16.5. The molecule has 12 atom stereocenters. The lowest BCUT2D eigenvalue weighted by Gasteiger charge is -2.28. The molecule has 0 aliphatic heterocycles. The van der Waals surface area contributed by atoms with E-state index < -0.39 is 218 Å². The van der Waals surface area contributed by atoms with Gasteiger partial charge in [0.1, 0.15) is 78.3 Å². The summed E-state index contributed by atoms with van der Waals surface area (Å²) in [5.41, 5.74) is 33.4. The summed E-state index contributed by atoms with van der Waals surface area (Å²) in [5, 5.41) is 95.9. The van der Waals surface area contributed by atoms with Crippen LogP contribution in [0, 0.1) is 5.92 Å². The van der Waals surface area contributed by atoms with Crippen LogP contribution in [0.15, 0.2) is 34.3 Å². The number of phenolic OH excluding ortho intramolecular Hbond substituents is 1. The number of thioether (sulfide) groups is 1. The van der Waals surface area contributed by atoms with Crippen LogP contribution >= 0.6 is 11.8 Å². The number of unbranched alkanes of at least 4 members (excludes halogenated alkanes) is 2. The fourth-order valence-electron chi connectivity index (χ4n) is 10.4. The Bertz CT molecular complexity index is 3420. The van der Waals surface area contributed by atoms with Gasteiger partial charge < -0.3 is 134 Å². The molecule has 1 rings (SSSR count). The molecule has 0 aromatic heterocycles. The number of aliphatic imine (C=N–C) groups is 2. The Hall–Kier alpha value is -11.7. The van der Waals surface area contributed by atoms with Gasteiger partial charge in [0.05, 0.1) is 32.1 Å². The van der Waals surface area contributed by atoms with Gasteiger partial charge in [0.2, 0.25) is 71.4 Å². The molecule has 31 N–H and O–H groups in total. The number of carbonyl (C=O) groups excluding carboxylic acids is 12. The molecule has 0 fully saturated rings. The number of nitrogens with zero attached hydrogens (tertiary/aromatic N) is 2. The molecule has 1 aromatic carbocycles. The van der Waals surface area contributed by atoms with Crippen LogP contribution in [-0.4, -0.2) is 266 Å². The molecule has 620 valence electrons. The molecule has 0 radical (unpaired) electrons. The lowest BCUT2D eigenvalue weighted by molar-refractivity contribution is -0.145. The van der Waals surface area contributed by atoms with Crippen molar-refractivity contribution in [3.05, 3.63) is 29.8 Å². The van der Waals surface area contributed by atoms with E-state index in [2.05, 4.69) is 52.5 Å². The highest BCUT2D eigenvalue weighted by Gasteiger charge is 2.39. The smallest absolute Gasteiger partial charge is 0.326 e. The van der Waals surface area contributed by atoms with Crippen LogP contribution in [0.1, 0.15) is 129 Å². The highest BCUT2D eigenvalue weighted by Crippen LogP contribution is 2.16. The maximum atomic E-state index is 14.7. The number of guanidine groups is 2. The largest absolute Gasteiger partial charge is 0.508 e. The number of nitrogens with two attached hydrogens (primary N) is 6. The van der Waals surface area contributed by atoms with E-state index in [0.29, 0.717) is 18.6 Å². The number of carboxylic acid groups (broad SMARTS) is 6. The van der Waals surface area contributed by atoms with Crippen LogP contribution in [0.3, 0.4) is 0 Å². The van der Waals surface area contributed by atoms with Crippen molar-refractivity contribution in [3.63, 3.8) is 0 Å². The Kier molecular flexibility index (Phi) is 45.9. The average Bonchev–Trinajstić information content (AvgIpc) is 0.855. The SMILES string of the molecule is CSCC[C@H](NC=O)C(=O)N[C@@H](CCCN=C(N)N)C(=O)N[C@@H](CC(C)C)C(=O)N[C@@H](CCCN=C(N)N)C(=O)N[C@@H](CC(=O)O)C(=O)N[C@@H](Cc1ccc(O)cc1)C(=O)N[C@@H](CCCCN)C(=O)N[C@@H](CC(=O)O)C(=O)N[C@@H](CC(=O)O)C(=O)N[C@@H](CC(=O)O)C(=O)N[C@@H](CC(=O)O)C(=O)N[C@@H](CCCCN)C(=O)O. The molecule has 0 aliphatic carbocycles. The van der Waals surface area contributed by atoms with E-state index in [1.54, 1.807) is 20.1 Å². The van der Waals surface area contributed by atoms with Gasteiger partial charge in [0.25, 0.3) is 0 Å². The van der Waals surface area contributed by atoms with Crippen LogP contribution in [-0.2, 0) is 92.7 Å². The van der Waals surface area contributed by atoms with Gasteiger partial charge >= 0.3 is 35.8 Å². The van der Waals surface area contributed by atoms with Crippen LogP contribution in [0.4, 0.5) is 0 Å². The van der Waals surface area contributed by atoms with E-state index in [1.165, 1.54) is 36.0 Å². The molecule has 0 heterocycles. The molecular formula is C65H104N20O25S. The molecule has 0 spiro atoms. The zero-order chi connectivity index (χ0) is 84.0. The summed E-state index contributed by atoms with van der Waals surface area (Å²) in [6, 6.07) is -17.4. The Morgan fingerprint density at radius 1 is 0.387 bits per heavy atom. The maximum absolute atomic E-state index is 14.7. The Morgan fingerprint density at radius 3 is 0.973 bits per heavy atom. The fourth-order valence-corrected chi connectivity index (χ4v) is 10.8. The number of hydrogen-bond acceptors (Lipinski definition) is 24. The summed E-state index contributed by atoms with van der Waals surface area (Å²) in [6.45, 7) is 3.35. The van der Waals surface area contributed by atoms with Crippen LogP contribution < -0.4 is 98.2 Å². The lowest BCUT2D eigenvalue weighted by atomic mass is 10.0. The lowest BCUT2D eigenvalue weighted by Crippen LogP contribution is -2.61. The Labute approximate surface area is 640 Å². The van der Waals surface area contributed by atoms with Crippen molar-refractivity contribution in [2.75, 3.05) is 38.2 Å². The molecule has 0 bridgehead atoms. The Balaban J connectivity index is 3.90. The molecule has 111 heavy (non-hydrogen) atoms. The fraction of sp³-hybridized carbons (Fsp3) is 0.600. The number of benzene rings is 1. The number of carboxylic acids is 6. The highest BCUT2D eigenvalue weighted by molar-refractivity contribution is 7.98. The number of nitrogens with one attached hydrogen (secondary N) is 12. The van der Waals surface area contributed by atoms with Gasteiger partial charge in [-0.05, 0) is 126 Å². The predicted molar refractivity (Wildman–Crippen MR) is 393 cm³/mol. The van der Waals surface area contributed by atoms with Crippen molar-refractivity contribution in [1.82, 2.24) is 63.8 Å². The molecular weight excluding hydrogens is 1490 g/mol. The molecule has 0 saturated heterocycles. The topological polar surface area (TPSA) is 774 Å². The minimum Gasteiger partial charge on any atom is -0.508 e.